The Morgan fingerprint density at radius 3 is 1.11 bits per heavy atom. The summed E-state index contributed by atoms with van der Waals surface area (Å²) in [6.07, 6.45) is 5.23. The van der Waals surface area contributed by atoms with Crippen LogP contribution in [0.3, 0.4) is 0 Å². The van der Waals surface area contributed by atoms with Crippen molar-refractivity contribution in [1.82, 2.24) is 12.3 Å². The van der Waals surface area contributed by atoms with Crippen molar-refractivity contribution in [3.63, 3.8) is 0 Å². The minimum Gasteiger partial charge on any atom is -0.550 e. The van der Waals surface area contributed by atoms with Crippen LogP contribution in [-0.4, -0.2) is 11.9 Å². The fourth-order valence-electron chi connectivity index (χ4n) is 1.25. The molecule has 18 heavy (non-hydrogen) atoms. The average Bonchev–Trinajstić information content (AvgIpc) is 2.24. The molecule has 0 rings (SSSR count). The van der Waals surface area contributed by atoms with Crippen molar-refractivity contribution in [2.24, 2.45) is 0 Å². The zero-order valence-electron chi connectivity index (χ0n) is 11.7. The first-order valence-electron chi connectivity index (χ1n) is 5.52. The fourth-order valence-corrected chi connectivity index (χ4v) is 1.25. The maximum Gasteiger partial charge on any atom is 0.0414 e. The molecule has 0 aliphatic carbocycles. The minimum absolute atomic E-state index is 0. The van der Waals surface area contributed by atoms with Gasteiger partial charge in [0.25, 0.3) is 0 Å². The summed E-state index contributed by atoms with van der Waals surface area (Å²) in [4.78, 5) is 20.1. The predicted octanol–water partition coefficient (Wildman–Crippen LogP) is 1.16. The number of quaternary nitrogens is 2. The van der Waals surface area contributed by atoms with Gasteiger partial charge in [-0.3, -0.25) is 0 Å². The number of carboxylic acids is 2. The quantitative estimate of drug-likeness (QED) is 0.473. The van der Waals surface area contributed by atoms with E-state index in [9.17, 15) is 19.8 Å². The molecule has 0 atom stereocenters. The van der Waals surface area contributed by atoms with Crippen LogP contribution < -0.4 is 22.5 Å². The number of hydrogen-bond donors (Lipinski definition) is 2. The number of unbranched alkanes of at least 4 members (excludes halogenated alkanes) is 5. The van der Waals surface area contributed by atoms with E-state index >= 15 is 0 Å². The molecule has 0 heterocycles. The molecule has 0 fully saturated rings. The number of carbonyl (C=O) groups is 2. The molecule has 6 heteroatoms. The lowest BCUT2D eigenvalue weighted by Crippen LogP contribution is -2.21. The molecular formula is C12H28N2O4. The van der Waals surface area contributed by atoms with Gasteiger partial charge in [-0.2, -0.15) is 0 Å². The van der Waals surface area contributed by atoms with Gasteiger partial charge >= 0.3 is 0 Å². The van der Waals surface area contributed by atoms with E-state index in [1.54, 1.807) is 0 Å². The highest BCUT2D eigenvalue weighted by Gasteiger charge is 1.92. The molecule has 0 radical (unpaired) electrons. The maximum absolute atomic E-state index is 10.0. The second-order valence-corrected chi connectivity index (χ2v) is 3.37. The van der Waals surface area contributed by atoms with E-state index in [0.29, 0.717) is 12.8 Å². The number of rotatable bonds is 9. The summed E-state index contributed by atoms with van der Waals surface area (Å²) in [5, 5.41) is 20.1. The first kappa shape index (κ1) is 25.4. The van der Waals surface area contributed by atoms with Crippen LogP contribution >= 0.6 is 0 Å². The highest BCUT2D eigenvalue weighted by molar-refractivity contribution is 5.64. The van der Waals surface area contributed by atoms with E-state index in [1.165, 1.54) is 0 Å². The van der Waals surface area contributed by atoms with Gasteiger partial charge in [0.15, 0.2) is 0 Å². The molecular weight excluding hydrogens is 236 g/mol. The first-order valence-corrected chi connectivity index (χ1v) is 5.52. The van der Waals surface area contributed by atoms with Crippen LogP contribution in [0.5, 0.6) is 0 Å². The monoisotopic (exact) mass is 264 g/mol. The van der Waals surface area contributed by atoms with Gasteiger partial charge in [0.1, 0.15) is 0 Å². The van der Waals surface area contributed by atoms with E-state index in [1.807, 2.05) is 0 Å². The van der Waals surface area contributed by atoms with Crippen molar-refractivity contribution < 1.29 is 19.8 Å². The molecule has 0 aromatic rings. The Labute approximate surface area is 109 Å². The Balaban J connectivity index is -0.000000232. The second kappa shape index (κ2) is 20.9. The van der Waals surface area contributed by atoms with E-state index in [-0.39, 0.29) is 25.1 Å². The van der Waals surface area contributed by atoms with Crippen molar-refractivity contribution in [2.45, 2.75) is 51.4 Å². The Kier molecular flexibility index (Phi) is 29.6. The largest absolute Gasteiger partial charge is 0.550 e. The van der Waals surface area contributed by atoms with Crippen molar-refractivity contribution in [3.05, 3.63) is 13.2 Å². The molecule has 6 nitrogen and oxygen atoms in total. The van der Waals surface area contributed by atoms with Crippen LogP contribution in [0.1, 0.15) is 51.4 Å². The highest BCUT2D eigenvalue weighted by atomic mass is 16.4. The Hall–Kier alpha value is -1.40. The van der Waals surface area contributed by atoms with Gasteiger partial charge in [-0.05, 0) is 25.7 Å². The number of hydrogen-bond acceptors (Lipinski definition) is 4. The van der Waals surface area contributed by atoms with E-state index in [0.717, 1.165) is 25.7 Å². The number of aliphatic carboxylic acids is 2. The van der Waals surface area contributed by atoms with Crippen LogP contribution in [0.2, 0.25) is 0 Å². The topological polar surface area (TPSA) is 153 Å². The Morgan fingerprint density at radius 2 is 0.889 bits per heavy atom. The Morgan fingerprint density at radius 1 is 0.667 bits per heavy atom. The van der Waals surface area contributed by atoms with Gasteiger partial charge in [-0.25, -0.2) is 0 Å². The molecule has 0 saturated carbocycles. The van der Waals surface area contributed by atoms with Gasteiger partial charge in [0, 0.05) is 11.9 Å². The molecule has 0 aliphatic heterocycles. The minimum atomic E-state index is -0.998. The van der Waals surface area contributed by atoms with Crippen molar-refractivity contribution in [3.8, 4) is 0 Å². The van der Waals surface area contributed by atoms with Gasteiger partial charge < -0.3 is 32.1 Å². The molecule has 0 amide bonds. The number of carboxylic acid groups (broad SMARTS) is 2. The second-order valence-electron chi connectivity index (χ2n) is 3.37. The van der Waals surface area contributed by atoms with Crippen LogP contribution in [-0.2, 0) is 9.59 Å². The third-order valence-corrected chi connectivity index (χ3v) is 2.01. The zero-order chi connectivity index (χ0) is 12.8. The van der Waals surface area contributed by atoms with Gasteiger partial charge in [-0.15, -0.1) is 13.2 Å². The van der Waals surface area contributed by atoms with Gasteiger partial charge in [-0.1, -0.05) is 25.7 Å². The lowest BCUT2D eigenvalue weighted by molar-refractivity contribution is -0.307. The average molecular weight is 264 g/mol. The summed E-state index contributed by atoms with van der Waals surface area (Å²) < 4.78 is 0. The molecule has 0 aromatic heterocycles. The van der Waals surface area contributed by atoms with Gasteiger partial charge in [0.2, 0.25) is 0 Å². The van der Waals surface area contributed by atoms with Crippen molar-refractivity contribution in [2.75, 3.05) is 0 Å². The SMILES string of the molecule is C=C.O=C([O-])CCCCCCCCC(=O)[O-].[NH4+].[NH4+]. The molecule has 0 aliphatic rings. The lowest BCUT2D eigenvalue weighted by atomic mass is 10.1. The third-order valence-electron chi connectivity index (χ3n) is 2.01. The van der Waals surface area contributed by atoms with Crippen molar-refractivity contribution >= 4 is 11.9 Å². The van der Waals surface area contributed by atoms with E-state index in [2.05, 4.69) is 13.2 Å². The van der Waals surface area contributed by atoms with Crippen molar-refractivity contribution in [1.29, 1.82) is 0 Å². The lowest BCUT2D eigenvalue weighted by Gasteiger charge is -2.03. The molecule has 0 spiro atoms. The summed E-state index contributed by atoms with van der Waals surface area (Å²) in [6, 6.07) is 0. The van der Waals surface area contributed by atoms with E-state index in [4.69, 9.17) is 0 Å². The fraction of sp³-hybridized carbons (Fsp3) is 0.667. The summed E-state index contributed by atoms with van der Waals surface area (Å²) in [7, 11) is 0. The summed E-state index contributed by atoms with van der Waals surface area (Å²) >= 11 is 0. The molecule has 8 N–H and O–H groups in total. The van der Waals surface area contributed by atoms with Crippen LogP contribution in [0, 0.1) is 0 Å². The first-order chi connectivity index (χ1) is 7.63. The smallest absolute Gasteiger partial charge is 0.0414 e. The maximum atomic E-state index is 10.0. The standard InChI is InChI=1S/C10H18O4.C2H4.2H3N/c11-9(12)7-5-3-1-2-4-6-8-10(13)14;1-2;;/h1-8H2,(H,11,12)(H,13,14);1-2H2;2*1H3. The van der Waals surface area contributed by atoms with Crippen LogP contribution in [0.15, 0.2) is 13.2 Å². The molecule has 110 valence electrons. The molecule has 0 unspecified atom stereocenters. The van der Waals surface area contributed by atoms with Crippen LogP contribution in [0.4, 0.5) is 0 Å². The predicted molar refractivity (Wildman–Crippen MR) is 70.2 cm³/mol. The normalized spacial score (nSPS) is 8.00. The molecule has 0 saturated heterocycles. The van der Waals surface area contributed by atoms with E-state index < -0.39 is 11.9 Å². The number of carbonyl (C=O) groups excluding carboxylic acids is 2. The van der Waals surface area contributed by atoms with Gasteiger partial charge in [0.05, 0.1) is 0 Å². The summed E-state index contributed by atoms with van der Waals surface area (Å²) in [6.45, 7) is 6.00. The highest BCUT2D eigenvalue weighted by Crippen LogP contribution is 2.07. The molecule has 0 aromatic carbocycles. The summed E-state index contributed by atoms with van der Waals surface area (Å²) in [5.41, 5.74) is 0. The Bertz CT molecular complexity index is 179. The molecule has 0 bridgehead atoms. The van der Waals surface area contributed by atoms with Crippen LogP contribution in [0.25, 0.3) is 0 Å². The third kappa shape index (κ3) is 29.3. The zero-order valence-corrected chi connectivity index (χ0v) is 11.7. The summed E-state index contributed by atoms with van der Waals surface area (Å²) in [5.74, 6) is -2.00.